The van der Waals surface area contributed by atoms with E-state index in [1.54, 1.807) is 0 Å². The average Bonchev–Trinajstić information content (AvgIpc) is 2.31. The number of carbonyl (C=O) groups excluding carboxylic acids is 1. The van der Waals surface area contributed by atoms with Gasteiger partial charge in [0.1, 0.15) is 6.29 Å². The van der Waals surface area contributed by atoms with E-state index in [4.69, 9.17) is 0 Å². The fourth-order valence-corrected chi connectivity index (χ4v) is 1.21. The molecule has 0 N–H and O–H groups in total. The van der Waals surface area contributed by atoms with Gasteiger partial charge in [0.25, 0.3) is 0 Å². The molecular formula is C11H14CuO. The van der Waals surface area contributed by atoms with Gasteiger partial charge in [0, 0.05) is 17.1 Å². The summed E-state index contributed by atoms with van der Waals surface area (Å²) in [6.07, 6.45) is 13.1. The minimum absolute atomic E-state index is 0. The Morgan fingerprint density at radius 2 is 2.23 bits per heavy atom. The Labute approximate surface area is 90.1 Å². The number of allylic oxidation sites excluding steroid dienone is 6. The molecule has 0 aromatic heterocycles. The van der Waals surface area contributed by atoms with Crippen molar-refractivity contribution in [3.63, 3.8) is 0 Å². The second-order valence-electron chi connectivity index (χ2n) is 2.95. The summed E-state index contributed by atoms with van der Waals surface area (Å²) in [5, 5.41) is 0. The molecule has 1 unspecified atom stereocenters. The summed E-state index contributed by atoms with van der Waals surface area (Å²) in [5.74, 6) is -0.0318. The molecule has 2 heteroatoms. The summed E-state index contributed by atoms with van der Waals surface area (Å²) in [6, 6.07) is 0. The molecule has 0 saturated carbocycles. The Morgan fingerprint density at radius 3 is 2.85 bits per heavy atom. The van der Waals surface area contributed by atoms with Crippen molar-refractivity contribution in [3.8, 4) is 0 Å². The van der Waals surface area contributed by atoms with Crippen LogP contribution in [0.25, 0.3) is 0 Å². The van der Waals surface area contributed by atoms with Crippen molar-refractivity contribution < 1.29 is 21.9 Å². The van der Waals surface area contributed by atoms with Crippen LogP contribution in [0.3, 0.4) is 0 Å². The molecular weight excluding hydrogens is 212 g/mol. The first kappa shape index (κ1) is 12.4. The summed E-state index contributed by atoms with van der Waals surface area (Å²) in [4.78, 5) is 10.5. The van der Waals surface area contributed by atoms with E-state index in [2.05, 4.69) is 13.0 Å². The smallest absolute Gasteiger partial charge is 0.130 e. The summed E-state index contributed by atoms with van der Waals surface area (Å²) in [6.45, 7) is 2.15. The van der Waals surface area contributed by atoms with Crippen LogP contribution in [-0.4, -0.2) is 6.29 Å². The maximum atomic E-state index is 10.5. The zero-order chi connectivity index (χ0) is 8.81. The molecule has 1 nitrogen and oxygen atoms in total. The first-order chi connectivity index (χ1) is 5.86. The van der Waals surface area contributed by atoms with Crippen molar-refractivity contribution in [3.05, 3.63) is 36.0 Å². The molecule has 1 rings (SSSR count). The quantitative estimate of drug-likeness (QED) is 0.533. The first-order valence-corrected chi connectivity index (χ1v) is 4.37. The molecule has 0 bridgehead atoms. The standard InChI is InChI=1S/C11H14O.Cu/c1-2-4-10-5-3-6-11(9-12)8-7-10;/h3,5-9,11H,2,4H2,1H3;. The summed E-state index contributed by atoms with van der Waals surface area (Å²) in [7, 11) is 0. The van der Waals surface area contributed by atoms with Crippen molar-refractivity contribution in [1.29, 1.82) is 0 Å². The Balaban J connectivity index is 0.00000144. The molecule has 75 valence electrons. The van der Waals surface area contributed by atoms with Gasteiger partial charge in [-0.3, -0.25) is 0 Å². The molecule has 13 heavy (non-hydrogen) atoms. The number of aldehydes is 1. The van der Waals surface area contributed by atoms with Gasteiger partial charge in [-0.1, -0.05) is 43.7 Å². The Morgan fingerprint density at radius 1 is 1.46 bits per heavy atom. The number of hydrogen-bond donors (Lipinski definition) is 0. The molecule has 0 spiro atoms. The molecule has 0 aromatic carbocycles. The van der Waals surface area contributed by atoms with E-state index in [1.165, 1.54) is 5.57 Å². The largest absolute Gasteiger partial charge is 0.302 e. The number of hydrogen-bond acceptors (Lipinski definition) is 1. The van der Waals surface area contributed by atoms with Gasteiger partial charge >= 0.3 is 0 Å². The number of carbonyl (C=O) groups is 1. The number of rotatable bonds is 3. The van der Waals surface area contributed by atoms with Crippen molar-refractivity contribution in [2.45, 2.75) is 19.8 Å². The van der Waals surface area contributed by atoms with E-state index in [0.29, 0.717) is 0 Å². The fourth-order valence-electron chi connectivity index (χ4n) is 1.21. The van der Waals surface area contributed by atoms with Gasteiger partial charge in [0.05, 0.1) is 5.92 Å². The molecule has 1 aliphatic rings. The van der Waals surface area contributed by atoms with Gasteiger partial charge in [-0.25, -0.2) is 0 Å². The summed E-state index contributed by atoms with van der Waals surface area (Å²) < 4.78 is 0. The van der Waals surface area contributed by atoms with Crippen LogP contribution in [0.15, 0.2) is 36.0 Å². The van der Waals surface area contributed by atoms with E-state index < -0.39 is 0 Å². The van der Waals surface area contributed by atoms with Crippen molar-refractivity contribution >= 4 is 6.29 Å². The van der Waals surface area contributed by atoms with E-state index >= 15 is 0 Å². The maximum Gasteiger partial charge on any atom is 0.130 e. The van der Waals surface area contributed by atoms with Gasteiger partial charge in [0.15, 0.2) is 0 Å². The summed E-state index contributed by atoms with van der Waals surface area (Å²) in [5.41, 5.74) is 1.30. The molecule has 0 heterocycles. The zero-order valence-electron chi connectivity index (χ0n) is 7.67. The second-order valence-corrected chi connectivity index (χ2v) is 2.95. The van der Waals surface area contributed by atoms with Crippen LogP contribution in [-0.2, 0) is 21.9 Å². The topological polar surface area (TPSA) is 17.1 Å². The van der Waals surface area contributed by atoms with Crippen LogP contribution in [0.4, 0.5) is 0 Å². The summed E-state index contributed by atoms with van der Waals surface area (Å²) >= 11 is 0. The van der Waals surface area contributed by atoms with E-state index in [9.17, 15) is 4.79 Å². The molecule has 1 aliphatic carbocycles. The third kappa shape index (κ3) is 4.25. The van der Waals surface area contributed by atoms with Crippen LogP contribution in [0, 0.1) is 5.92 Å². The van der Waals surface area contributed by atoms with Gasteiger partial charge in [0.2, 0.25) is 0 Å². The predicted octanol–water partition coefficient (Wildman–Crippen LogP) is 2.65. The van der Waals surface area contributed by atoms with Crippen LogP contribution in [0.1, 0.15) is 19.8 Å². The minimum Gasteiger partial charge on any atom is -0.302 e. The Bertz CT molecular complexity index is 238. The van der Waals surface area contributed by atoms with Gasteiger partial charge in [-0.2, -0.15) is 0 Å². The van der Waals surface area contributed by atoms with Crippen LogP contribution >= 0.6 is 0 Å². The van der Waals surface area contributed by atoms with Crippen LogP contribution in [0.5, 0.6) is 0 Å². The molecule has 0 aliphatic heterocycles. The predicted molar refractivity (Wildman–Crippen MR) is 50.8 cm³/mol. The van der Waals surface area contributed by atoms with E-state index in [1.807, 2.05) is 24.3 Å². The molecule has 0 aromatic rings. The zero-order valence-corrected chi connectivity index (χ0v) is 8.61. The normalized spacial score (nSPS) is 20.1. The molecule has 0 amide bonds. The molecule has 1 radical (unpaired) electrons. The first-order valence-electron chi connectivity index (χ1n) is 4.37. The van der Waals surface area contributed by atoms with E-state index in [0.717, 1.165) is 19.1 Å². The maximum absolute atomic E-state index is 10.5. The minimum atomic E-state index is -0.0318. The molecule has 0 fully saturated rings. The Kier molecular flexibility index (Phi) is 6.56. The van der Waals surface area contributed by atoms with Crippen LogP contribution in [0.2, 0.25) is 0 Å². The van der Waals surface area contributed by atoms with Crippen molar-refractivity contribution in [2.24, 2.45) is 5.92 Å². The van der Waals surface area contributed by atoms with Crippen molar-refractivity contribution in [2.75, 3.05) is 0 Å². The Hall–Kier alpha value is -0.591. The van der Waals surface area contributed by atoms with Crippen LogP contribution < -0.4 is 0 Å². The third-order valence-corrected chi connectivity index (χ3v) is 1.87. The average molecular weight is 226 g/mol. The third-order valence-electron chi connectivity index (χ3n) is 1.87. The van der Waals surface area contributed by atoms with Gasteiger partial charge in [-0.15, -0.1) is 0 Å². The molecule has 1 atom stereocenters. The molecule has 0 saturated heterocycles. The second kappa shape index (κ2) is 6.88. The fraction of sp³-hybridized carbons (Fsp3) is 0.364. The van der Waals surface area contributed by atoms with Crippen molar-refractivity contribution in [1.82, 2.24) is 0 Å². The monoisotopic (exact) mass is 225 g/mol. The SMILES string of the molecule is CCCC1=CC=CC(C=O)C=C1.[Cu]. The van der Waals surface area contributed by atoms with E-state index in [-0.39, 0.29) is 23.0 Å². The van der Waals surface area contributed by atoms with Gasteiger partial charge < -0.3 is 4.79 Å². The van der Waals surface area contributed by atoms with Gasteiger partial charge in [-0.05, 0) is 12.0 Å².